The number of nitrogens with zero attached hydrogens (tertiary/aromatic N) is 2. The smallest absolute Gasteiger partial charge is 0.153 e. The van der Waals surface area contributed by atoms with Crippen molar-refractivity contribution < 1.29 is 4.74 Å². The second-order valence-corrected chi connectivity index (χ2v) is 6.76. The Hall–Kier alpha value is -2.30. The number of hydrogen-bond donors (Lipinski definition) is 2. The Morgan fingerprint density at radius 2 is 1.81 bits per heavy atom. The van der Waals surface area contributed by atoms with Crippen LogP contribution in [0.15, 0.2) is 24.5 Å². The Kier molecular flexibility index (Phi) is 6.69. The minimum absolute atomic E-state index is 0.661. The Morgan fingerprint density at radius 3 is 2.62 bits per heavy atom. The van der Waals surface area contributed by atoms with E-state index in [1.807, 2.05) is 25.1 Å². The summed E-state index contributed by atoms with van der Waals surface area (Å²) in [6.45, 7) is 5.86. The first-order chi connectivity index (χ1) is 12.8. The Bertz CT molecular complexity index is 827. The van der Waals surface area contributed by atoms with Gasteiger partial charge in [0.2, 0.25) is 0 Å². The van der Waals surface area contributed by atoms with Crippen molar-refractivity contribution in [3.8, 4) is 5.75 Å². The van der Waals surface area contributed by atoms with Gasteiger partial charge in [-0.2, -0.15) is 0 Å². The molecule has 0 saturated carbocycles. The molecule has 5 nitrogen and oxygen atoms in total. The van der Waals surface area contributed by atoms with E-state index in [-0.39, 0.29) is 0 Å². The lowest BCUT2D eigenvalue weighted by atomic mass is 10.1. The van der Waals surface area contributed by atoms with E-state index in [0.29, 0.717) is 6.61 Å². The van der Waals surface area contributed by atoms with Crippen molar-refractivity contribution >= 4 is 27.8 Å². The summed E-state index contributed by atoms with van der Waals surface area (Å²) in [7, 11) is 0. The van der Waals surface area contributed by atoms with Crippen LogP contribution in [0.25, 0.3) is 21.9 Å². The highest BCUT2D eigenvalue weighted by Gasteiger charge is 2.11. The number of ether oxygens (including phenoxy) is 1. The van der Waals surface area contributed by atoms with Crippen molar-refractivity contribution in [3.63, 3.8) is 0 Å². The molecule has 0 saturated heterocycles. The van der Waals surface area contributed by atoms with Gasteiger partial charge in [-0.05, 0) is 31.5 Å². The van der Waals surface area contributed by atoms with E-state index in [4.69, 9.17) is 4.74 Å². The van der Waals surface area contributed by atoms with Crippen LogP contribution in [0.2, 0.25) is 0 Å². The van der Waals surface area contributed by atoms with Crippen LogP contribution in [0.1, 0.15) is 58.8 Å². The molecular formula is C21H30N4O. The number of fused-ring (bicyclic) bond motifs is 3. The molecule has 3 aromatic rings. The van der Waals surface area contributed by atoms with Crippen LogP contribution in [0.3, 0.4) is 0 Å². The zero-order valence-electron chi connectivity index (χ0n) is 16.0. The molecule has 26 heavy (non-hydrogen) atoms. The van der Waals surface area contributed by atoms with Crippen LogP contribution < -0.4 is 10.1 Å². The molecular weight excluding hydrogens is 324 g/mol. The molecule has 140 valence electrons. The van der Waals surface area contributed by atoms with E-state index >= 15 is 0 Å². The molecule has 0 aliphatic carbocycles. The SMILES string of the molecule is CCCCCCCCCNc1ncnc2c1[nH]c1ccc(OCC)cc12. The average Bonchev–Trinajstić information content (AvgIpc) is 3.03. The maximum Gasteiger partial charge on any atom is 0.153 e. The van der Waals surface area contributed by atoms with E-state index < -0.39 is 0 Å². The summed E-state index contributed by atoms with van der Waals surface area (Å²) in [4.78, 5) is 12.4. The van der Waals surface area contributed by atoms with E-state index in [1.54, 1.807) is 6.33 Å². The fraction of sp³-hybridized carbons (Fsp3) is 0.524. The molecule has 0 unspecified atom stereocenters. The molecule has 3 rings (SSSR count). The number of aromatic amines is 1. The highest BCUT2D eigenvalue weighted by molar-refractivity contribution is 6.08. The maximum atomic E-state index is 5.62. The molecule has 0 spiro atoms. The molecule has 1 aromatic carbocycles. The zero-order chi connectivity index (χ0) is 18.2. The van der Waals surface area contributed by atoms with Crippen LogP contribution in [0, 0.1) is 0 Å². The number of rotatable bonds is 11. The number of unbranched alkanes of at least 4 members (excludes halogenated alkanes) is 6. The molecule has 2 N–H and O–H groups in total. The predicted octanol–water partition coefficient (Wildman–Crippen LogP) is 5.67. The third-order valence-corrected chi connectivity index (χ3v) is 4.74. The van der Waals surface area contributed by atoms with Crippen molar-refractivity contribution in [1.29, 1.82) is 0 Å². The number of H-pyrrole nitrogens is 1. The van der Waals surface area contributed by atoms with Crippen LogP contribution in [0.4, 0.5) is 5.82 Å². The lowest BCUT2D eigenvalue weighted by molar-refractivity contribution is 0.341. The van der Waals surface area contributed by atoms with E-state index in [9.17, 15) is 0 Å². The fourth-order valence-corrected chi connectivity index (χ4v) is 3.35. The molecule has 0 amide bonds. The van der Waals surface area contributed by atoms with Crippen molar-refractivity contribution in [2.45, 2.75) is 58.8 Å². The molecule has 0 radical (unpaired) electrons. The van der Waals surface area contributed by atoms with Crippen LogP contribution in [0.5, 0.6) is 5.75 Å². The molecule has 0 aliphatic heterocycles. The highest BCUT2D eigenvalue weighted by atomic mass is 16.5. The molecule has 0 atom stereocenters. The molecule has 0 bridgehead atoms. The highest BCUT2D eigenvalue weighted by Crippen LogP contribution is 2.30. The van der Waals surface area contributed by atoms with Gasteiger partial charge in [-0.15, -0.1) is 0 Å². The van der Waals surface area contributed by atoms with Gasteiger partial charge in [-0.3, -0.25) is 0 Å². The Labute approximate surface area is 155 Å². The van der Waals surface area contributed by atoms with Gasteiger partial charge in [-0.1, -0.05) is 45.4 Å². The monoisotopic (exact) mass is 354 g/mol. The van der Waals surface area contributed by atoms with Gasteiger partial charge in [0.1, 0.15) is 23.1 Å². The molecule has 0 aliphatic rings. The summed E-state index contributed by atoms with van der Waals surface area (Å²) >= 11 is 0. The topological polar surface area (TPSA) is 62.8 Å². The fourth-order valence-electron chi connectivity index (χ4n) is 3.35. The van der Waals surface area contributed by atoms with E-state index in [1.165, 1.54) is 44.9 Å². The summed E-state index contributed by atoms with van der Waals surface area (Å²) in [6, 6.07) is 6.08. The maximum absolute atomic E-state index is 5.62. The first-order valence-corrected chi connectivity index (χ1v) is 9.96. The van der Waals surface area contributed by atoms with Gasteiger partial charge < -0.3 is 15.0 Å². The summed E-state index contributed by atoms with van der Waals surface area (Å²) in [5.41, 5.74) is 2.97. The largest absolute Gasteiger partial charge is 0.494 e. The number of anilines is 1. The van der Waals surface area contributed by atoms with Crippen LogP contribution >= 0.6 is 0 Å². The number of nitrogens with one attached hydrogen (secondary N) is 2. The van der Waals surface area contributed by atoms with Gasteiger partial charge >= 0.3 is 0 Å². The van der Waals surface area contributed by atoms with Crippen LogP contribution in [-0.2, 0) is 0 Å². The first kappa shape index (κ1) is 18.5. The van der Waals surface area contributed by atoms with Gasteiger partial charge in [-0.25, -0.2) is 9.97 Å². The normalized spacial score (nSPS) is 11.3. The number of aromatic nitrogens is 3. The summed E-state index contributed by atoms with van der Waals surface area (Å²) in [5, 5.41) is 4.55. The molecule has 0 fully saturated rings. The average molecular weight is 354 g/mol. The van der Waals surface area contributed by atoms with Gasteiger partial charge in [0, 0.05) is 17.4 Å². The lowest BCUT2D eigenvalue weighted by Crippen LogP contribution is -2.04. The van der Waals surface area contributed by atoms with Gasteiger partial charge in [0.05, 0.1) is 6.61 Å². The number of benzene rings is 1. The minimum Gasteiger partial charge on any atom is -0.494 e. The van der Waals surface area contributed by atoms with E-state index in [0.717, 1.165) is 40.0 Å². The lowest BCUT2D eigenvalue weighted by Gasteiger charge is -2.06. The third-order valence-electron chi connectivity index (χ3n) is 4.74. The summed E-state index contributed by atoms with van der Waals surface area (Å²) < 4.78 is 5.62. The minimum atomic E-state index is 0.661. The second kappa shape index (κ2) is 9.41. The second-order valence-electron chi connectivity index (χ2n) is 6.76. The Morgan fingerprint density at radius 1 is 1.00 bits per heavy atom. The third kappa shape index (κ3) is 4.45. The number of hydrogen-bond acceptors (Lipinski definition) is 4. The van der Waals surface area contributed by atoms with Crippen molar-refractivity contribution in [1.82, 2.24) is 15.0 Å². The summed E-state index contributed by atoms with van der Waals surface area (Å²) in [5.74, 6) is 1.76. The van der Waals surface area contributed by atoms with Crippen molar-refractivity contribution in [3.05, 3.63) is 24.5 Å². The van der Waals surface area contributed by atoms with Crippen LogP contribution in [-0.4, -0.2) is 28.1 Å². The van der Waals surface area contributed by atoms with E-state index in [2.05, 4.69) is 27.2 Å². The van der Waals surface area contributed by atoms with Crippen molar-refractivity contribution in [2.75, 3.05) is 18.5 Å². The molecule has 5 heteroatoms. The zero-order valence-corrected chi connectivity index (χ0v) is 16.0. The first-order valence-electron chi connectivity index (χ1n) is 9.96. The predicted molar refractivity (Wildman–Crippen MR) is 109 cm³/mol. The molecule has 2 heterocycles. The quantitative estimate of drug-likeness (QED) is 0.435. The molecule has 2 aromatic heterocycles. The van der Waals surface area contributed by atoms with Gasteiger partial charge in [0.15, 0.2) is 5.82 Å². The standard InChI is InChI=1S/C21H30N4O/c1-3-5-6-7-8-9-10-13-22-21-20-19(23-15-24-21)17-14-16(26-4-2)11-12-18(17)25-20/h11-12,14-15,25H,3-10,13H2,1-2H3,(H,22,23,24). The Balaban J connectivity index is 1.63. The summed E-state index contributed by atoms with van der Waals surface area (Å²) in [6.07, 6.45) is 10.8. The van der Waals surface area contributed by atoms with Gasteiger partial charge in [0.25, 0.3) is 0 Å². The van der Waals surface area contributed by atoms with Crippen molar-refractivity contribution in [2.24, 2.45) is 0 Å².